The van der Waals surface area contributed by atoms with Crippen LogP contribution in [-0.2, 0) is 10.0 Å². The first-order valence-corrected chi connectivity index (χ1v) is 8.72. The summed E-state index contributed by atoms with van der Waals surface area (Å²) in [5, 5.41) is 25.3. The average molecular weight is 338 g/mol. The number of primary sulfonamides is 1. The molecule has 8 nitrogen and oxygen atoms in total. The summed E-state index contributed by atoms with van der Waals surface area (Å²) in [4.78, 5) is 12.2. The molecule has 0 bridgehead atoms. The first-order valence-electron chi connectivity index (χ1n) is 7.17. The number of nitro groups is 1. The molecule has 1 aromatic carbocycles. The van der Waals surface area contributed by atoms with Crippen molar-refractivity contribution in [3.8, 4) is 6.07 Å². The number of anilines is 1. The highest BCUT2D eigenvalue weighted by Gasteiger charge is 2.28. The molecule has 0 aliphatic heterocycles. The molecular weight excluding hydrogens is 320 g/mol. The molecule has 0 heterocycles. The second-order valence-corrected chi connectivity index (χ2v) is 7.26. The van der Waals surface area contributed by atoms with Gasteiger partial charge in [-0.2, -0.15) is 5.26 Å². The van der Waals surface area contributed by atoms with Crippen LogP contribution in [0.15, 0.2) is 23.1 Å². The zero-order chi connectivity index (χ0) is 17.2. The van der Waals surface area contributed by atoms with Crippen molar-refractivity contribution in [1.29, 1.82) is 5.26 Å². The fourth-order valence-electron chi connectivity index (χ4n) is 2.91. The lowest BCUT2D eigenvalue weighted by Gasteiger charge is -2.34. The summed E-state index contributed by atoms with van der Waals surface area (Å²) < 4.78 is 22.7. The number of hydrogen-bond acceptors (Lipinski definition) is 6. The monoisotopic (exact) mass is 338 g/mol. The number of sulfonamides is 1. The van der Waals surface area contributed by atoms with E-state index in [9.17, 15) is 18.5 Å². The maximum atomic E-state index is 11.4. The SMILES string of the molecule is CN(c1ccc(S(N)(=O)=O)cc1[N+](=O)[O-])[C@H]1CC[C@H](C#N)CC1. The van der Waals surface area contributed by atoms with Crippen LogP contribution < -0.4 is 10.0 Å². The molecule has 23 heavy (non-hydrogen) atoms. The van der Waals surface area contributed by atoms with E-state index in [2.05, 4.69) is 6.07 Å². The Bertz CT molecular complexity index is 749. The lowest BCUT2D eigenvalue weighted by molar-refractivity contribution is -0.384. The Labute approximate surface area is 134 Å². The molecule has 1 saturated carbocycles. The number of nitriles is 1. The van der Waals surface area contributed by atoms with E-state index in [4.69, 9.17) is 10.4 Å². The Morgan fingerprint density at radius 2 is 1.96 bits per heavy atom. The summed E-state index contributed by atoms with van der Waals surface area (Å²) in [5.74, 6) is 0.0411. The molecule has 0 unspecified atom stereocenters. The summed E-state index contributed by atoms with van der Waals surface area (Å²) in [7, 11) is -2.25. The largest absolute Gasteiger partial charge is 0.366 e. The van der Waals surface area contributed by atoms with Crippen molar-refractivity contribution in [3.63, 3.8) is 0 Å². The molecule has 0 spiro atoms. The fraction of sp³-hybridized carbons (Fsp3) is 0.500. The standard InChI is InChI=1S/C14H18N4O4S/c1-17(11-4-2-10(9-15)3-5-11)13-7-6-12(23(16,21)22)8-14(13)18(19)20/h6-8,10-11H,2-5H2,1H3,(H2,16,21,22)/t10-,11-. The third-order valence-electron chi connectivity index (χ3n) is 4.28. The first-order chi connectivity index (χ1) is 10.7. The van der Waals surface area contributed by atoms with Gasteiger partial charge in [-0.05, 0) is 37.8 Å². The lowest BCUT2D eigenvalue weighted by Crippen LogP contribution is -2.35. The van der Waals surface area contributed by atoms with Crippen LogP contribution in [0.4, 0.5) is 11.4 Å². The van der Waals surface area contributed by atoms with Crippen molar-refractivity contribution in [2.75, 3.05) is 11.9 Å². The van der Waals surface area contributed by atoms with E-state index in [0.717, 1.165) is 31.7 Å². The minimum Gasteiger partial charge on any atom is -0.366 e. The van der Waals surface area contributed by atoms with E-state index >= 15 is 0 Å². The van der Waals surface area contributed by atoms with Gasteiger partial charge < -0.3 is 4.90 Å². The molecule has 1 aliphatic carbocycles. The van der Waals surface area contributed by atoms with Crippen molar-refractivity contribution in [2.24, 2.45) is 11.1 Å². The van der Waals surface area contributed by atoms with Crippen molar-refractivity contribution >= 4 is 21.4 Å². The molecule has 1 fully saturated rings. The third-order valence-corrected chi connectivity index (χ3v) is 5.19. The number of benzene rings is 1. The van der Waals surface area contributed by atoms with Crippen LogP contribution in [0.3, 0.4) is 0 Å². The van der Waals surface area contributed by atoms with E-state index in [1.54, 1.807) is 11.9 Å². The molecule has 9 heteroatoms. The number of nitro benzene ring substituents is 1. The van der Waals surface area contributed by atoms with E-state index in [-0.39, 0.29) is 22.5 Å². The summed E-state index contributed by atoms with van der Waals surface area (Å²) in [6.45, 7) is 0. The van der Waals surface area contributed by atoms with Gasteiger partial charge in [0.05, 0.1) is 15.9 Å². The maximum absolute atomic E-state index is 11.4. The Kier molecular flexibility index (Phi) is 4.87. The first kappa shape index (κ1) is 17.2. The average Bonchev–Trinajstić information content (AvgIpc) is 2.52. The smallest absolute Gasteiger partial charge is 0.293 e. The van der Waals surface area contributed by atoms with Gasteiger partial charge in [-0.1, -0.05) is 0 Å². The van der Waals surface area contributed by atoms with Gasteiger partial charge in [0.25, 0.3) is 5.69 Å². The second kappa shape index (κ2) is 6.52. The molecule has 2 N–H and O–H groups in total. The van der Waals surface area contributed by atoms with Gasteiger partial charge >= 0.3 is 0 Å². The number of nitrogens with zero attached hydrogens (tertiary/aromatic N) is 3. The molecule has 2 rings (SSSR count). The van der Waals surface area contributed by atoms with Crippen LogP contribution in [-0.4, -0.2) is 26.4 Å². The van der Waals surface area contributed by atoms with Gasteiger partial charge in [0.1, 0.15) is 5.69 Å². The maximum Gasteiger partial charge on any atom is 0.293 e. The van der Waals surface area contributed by atoms with E-state index in [1.165, 1.54) is 12.1 Å². The molecule has 0 atom stereocenters. The normalized spacial score (nSPS) is 21.4. The molecular formula is C14H18N4O4S. The topological polar surface area (TPSA) is 130 Å². The minimum atomic E-state index is -4.00. The molecule has 0 aromatic heterocycles. The highest BCUT2D eigenvalue weighted by Crippen LogP contribution is 2.35. The lowest BCUT2D eigenvalue weighted by atomic mass is 9.86. The van der Waals surface area contributed by atoms with Gasteiger partial charge in [-0.15, -0.1) is 0 Å². The van der Waals surface area contributed by atoms with Gasteiger partial charge in [-0.3, -0.25) is 10.1 Å². The van der Waals surface area contributed by atoms with Gasteiger partial charge in [-0.25, -0.2) is 13.6 Å². The molecule has 1 aliphatic rings. The summed E-state index contributed by atoms with van der Waals surface area (Å²) in [6, 6.07) is 6.00. The van der Waals surface area contributed by atoms with Crippen LogP contribution in [0.25, 0.3) is 0 Å². The fourth-order valence-corrected chi connectivity index (χ4v) is 3.45. The van der Waals surface area contributed by atoms with Gasteiger partial charge in [0, 0.05) is 25.1 Å². The molecule has 0 radical (unpaired) electrons. The molecule has 0 saturated heterocycles. The summed E-state index contributed by atoms with van der Waals surface area (Å²) >= 11 is 0. The van der Waals surface area contributed by atoms with E-state index in [1.807, 2.05) is 0 Å². The predicted molar refractivity (Wildman–Crippen MR) is 84.2 cm³/mol. The quantitative estimate of drug-likeness (QED) is 0.657. The highest BCUT2D eigenvalue weighted by atomic mass is 32.2. The van der Waals surface area contributed by atoms with Crippen LogP contribution in [0.5, 0.6) is 0 Å². The van der Waals surface area contributed by atoms with Crippen LogP contribution in [0.1, 0.15) is 25.7 Å². The van der Waals surface area contributed by atoms with Crippen molar-refractivity contribution in [3.05, 3.63) is 28.3 Å². The second-order valence-electron chi connectivity index (χ2n) is 5.70. The summed E-state index contributed by atoms with van der Waals surface area (Å²) in [5.41, 5.74) is 0.0595. The van der Waals surface area contributed by atoms with Crippen LogP contribution in [0, 0.1) is 27.4 Å². The third kappa shape index (κ3) is 3.78. The Balaban J connectivity index is 2.32. The number of rotatable bonds is 4. The van der Waals surface area contributed by atoms with Crippen LogP contribution in [0.2, 0.25) is 0 Å². The Hall–Kier alpha value is -2.18. The number of hydrogen-bond donors (Lipinski definition) is 1. The number of nitrogens with two attached hydrogens (primary N) is 1. The van der Waals surface area contributed by atoms with E-state index < -0.39 is 14.9 Å². The predicted octanol–water partition coefficient (Wildman–Crippen LogP) is 1.76. The van der Waals surface area contributed by atoms with Gasteiger partial charge in [0.2, 0.25) is 10.0 Å². The Morgan fingerprint density at radius 3 is 2.43 bits per heavy atom. The highest BCUT2D eigenvalue weighted by molar-refractivity contribution is 7.89. The molecule has 0 amide bonds. The summed E-state index contributed by atoms with van der Waals surface area (Å²) in [6.07, 6.45) is 3.05. The van der Waals surface area contributed by atoms with Crippen molar-refractivity contribution in [2.45, 2.75) is 36.6 Å². The van der Waals surface area contributed by atoms with Gasteiger partial charge in [0.15, 0.2) is 0 Å². The van der Waals surface area contributed by atoms with Crippen LogP contribution >= 0.6 is 0 Å². The minimum absolute atomic E-state index is 0.0411. The van der Waals surface area contributed by atoms with E-state index in [0.29, 0.717) is 5.69 Å². The zero-order valence-electron chi connectivity index (χ0n) is 12.7. The Morgan fingerprint density at radius 1 is 1.35 bits per heavy atom. The molecule has 1 aromatic rings. The molecule has 124 valence electrons. The zero-order valence-corrected chi connectivity index (χ0v) is 13.5. The van der Waals surface area contributed by atoms with Crippen molar-refractivity contribution < 1.29 is 13.3 Å². The van der Waals surface area contributed by atoms with Crippen molar-refractivity contribution in [1.82, 2.24) is 0 Å².